The van der Waals surface area contributed by atoms with Crippen molar-refractivity contribution in [2.24, 2.45) is 0 Å². The topological polar surface area (TPSA) is 52.6 Å². The molecule has 1 saturated carbocycles. The van der Waals surface area contributed by atoms with Gasteiger partial charge in [-0.1, -0.05) is 13.0 Å². The van der Waals surface area contributed by atoms with Gasteiger partial charge < -0.3 is 15.3 Å². The lowest BCUT2D eigenvalue weighted by molar-refractivity contribution is -0.0368. The van der Waals surface area contributed by atoms with Crippen LogP contribution in [0.5, 0.6) is 0 Å². The van der Waals surface area contributed by atoms with Crippen LogP contribution in [0.4, 0.5) is 10.5 Å². The number of thioether (sulfide) groups is 1. The Labute approximate surface area is 150 Å². The fourth-order valence-electron chi connectivity index (χ4n) is 3.62. The number of carbonyl (C=O) groups is 1. The first-order chi connectivity index (χ1) is 11.1. The van der Waals surface area contributed by atoms with Gasteiger partial charge in [-0.05, 0) is 65.9 Å². The molecular formula is C17H23BrN2O2S. The molecule has 1 atom stereocenters. The second kappa shape index (κ2) is 7.03. The maximum absolute atomic E-state index is 12.9. The maximum atomic E-state index is 12.9. The van der Waals surface area contributed by atoms with Crippen LogP contribution in [0, 0.1) is 0 Å². The van der Waals surface area contributed by atoms with E-state index in [2.05, 4.69) is 28.2 Å². The van der Waals surface area contributed by atoms with Gasteiger partial charge in [0.05, 0.1) is 11.8 Å². The molecule has 126 valence electrons. The molecule has 1 aliphatic carbocycles. The van der Waals surface area contributed by atoms with Gasteiger partial charge in [0.15, 0.2) is 0 Å². The second-order valence-corrected chi connectivity index (χ2v) is 8.51. The lowest BCUT2D eigenvalue weighted by Gasteiger charge is -2.54. The van der Waals surface area contributed by atoms with Crippen LogP contribution >= 0.6 is 27.7 Å². The molecular weight excluding hydrogens is 376 g/mol. The van der Waals surface area contributed by atoms with Gasteiger partial charge in [0.1, 0.15) is 0 Å². The molecule has 0 bridgehead atoms. The summed E-state index contributed by atoms with van der Waals surface area (Å²) in [6.45, 7) is 2.74. The van der Waals surface area contributed by atoms with Crippen molar-refractivity contribution in [2.75, 3.05) is 17.6 Å². The first kappa shape index (κ1) is 17.1. The van der Waals surface area contributed by atoms with E-state index in [0.29, 0.717) is 19.4 Å². The van der Waals surface area contributed by atoms with Crippen LogP contribution in [0.1, 0.15) is 39.0 Å². The van der Waals surface area contributed by atoms with Crippen molar-refractivity contribution < 1.29 is 9.90 Å². The number of carbonyl (C=O) groups excluding carboxylic acids is 1. The Morgan fingerprint density at radius 3 is 2.96 bits per heavy atom. The number of rotatable bonds is 3. The molecule has 1 unspecified atom stereocenters. The van der Waals surface area contributed by atoms with Crippen molar-refractivity contribution in [3.63, 3.8) is 0 Å². The number of anilines is 1. The molecule has 2 aliphatic rings. The zero-order valence-corrected chi connectivity index (χ0v) is 15.8. The Balaban J connectivity index is 1.79. The Bertz CT molecular complexity index is 592. The van der Waals surface area contributed by atoms with Crippen LogP contribution in [0.25, 0.3) is 0 Å². The van der Waals surface area contributed by atoms with E-state index in [1.54, 1.807) is 11.8 Å². The number of halogens is 1. The molecule has 2 fully saturated rings. The van der Waals surface area contributed by atoms with Crippen LogP contribution in [0.3, 0.4) is 0 Å². The minimum absolute atomic E-state index is 0.0403. The standard InChI is InChI=1S/C17H23BrN2O2S/c1-2-23-14-6-3-5-13(18)15(14)19-16(22)20-10-7-12(21)11-17(20)8-4-9-17/h3,5-6,12,21H,2,4,7-11H2,1H3,(H,19,22). The normalized spacial score (nSPS) is 22.7. The number of aliphatic hydroxyl groups is 1. The summed E-state index contributed by atoms with van der Waals surface area (Å²) in [5.41, 5.74) is 0.728. The van der Waals surface area contributed by atoms with Crippen molar-refractivity contribution in [1.82, 2.24) is 4.90 Å². The number of para-hydroxylation sites is 1. The maximum Gasteiger partial charge on any atom is 0.322 e. The largest absolute Gasteiger partial charge is 0.393 e. The van der Waals surface area contributed by atoms with E-state index in [0.717, 1.165) is 40.1 Å². The fourth-order valence-corrected chi connectivity index (χ4v) is 5.01. The molecule has 1 aliphatic heterocycles. The van der Waals surface area contributed by atoms with E-state index in [1.807, 2.05) is 23.1 Å². The number of nitrogens with one attached hydrogen (secondary N) is 1. The SMILES string of the molecule is CCSc1cccc(Br)c1NC(=O)N1CCC(O)CC12CCC2. The predicted octanol–water partition coefficient (Wildman–Crippen LogP) is 4.47. The summed E-state index contributed by atoms with van der Waals surface area (Å²) in [5, 5.41) is 13.1. The lowest BCUT2D eigenvalue weighted by atomic mass is 9.69. The summed E-state index contributed by atoms with van der Waals surface area (Å²) < 4.78 is 0.906. The highest BCUT2D eigenvalue weighted by atomic mass is 79.9. The minimum atomic E-state index is -0.269. The van der Waals surface area contributed by atoms with Gasteiger partial charge >= 0.3 is 6.03 Å². The summed E-state index contributed by atoms with van der Waals surface area (Å²) in [5.74, 6) is 0.958. The number of likely N-dealkylation sites (tertiary alicyclic amines) is 1. The molecule has 0 aromatic heterocycles. The van der Waals surface area contributed by atoms with Crippen molar-refractivity contribution >= 4 is 39.4 Å². The highest BCUT2D eigenvalue weighted by Crippen LogP contribution is 2.45. The first-order valence-corrected chi connectivity index (χ1v) is 10.0. The Kier molecular flexibility index (Phi) is 5.23. The Morgan fingerprint density at radius 1 is 1.52 bits per heavy atom. The van der Waals surface area contributed by atoms with E-state index in [1.165, 1.54) is 0 Å². The number of aliphatic hydroxyl groups excluding tert-OH is 1. The number of benzene rings is 1. The predicted molar refractivity (Wildman–Crippen MR) is 98.1 cm³/mol. The van der Waals surface area contributed by atoms with Crippen molar-refractivity contribution in [1.29, 1.82) is 0 Å². The van der Waals surface area contributed by atoms with Crippen LogP contribution < -0.4 is 5.32 Å². The molecule has 1 saturated heterocycles. The molecule has 23 heavy (non-hydrogen) atoms. The summed E-state index contributed by atoms with van der Waals surface area (Å²) in [6.07, 6.45) is 4.26. The monoisotopic (exact) mass is 398 g/mol. The van der Waals surface area contributed by atoms with E-state index < -0.39 is 0 Å². The first-order valence-electron chi connectivity index (χ1n) is 8.24. The van der Waals surface area contributed by atoms with E-state index >= 15 is 0 Å². The van der Waals surface area contributed by atoms with Crippen molar-refractivity contribution in [3.8, 4) is 0 Å². The molecule has 3 rings (SSSR count). The molecule has 0 radical (unpaired) electrons. The molecule has 2 N–H and O–H groups in total. The minimum Gasteiger partial charge on any atom is -0.393 e. The third kappa shape index (κ3) is 3.39. The number of hydrogen-bond donors (Lipinski definition) is 2. The third-order valence-corrected chi connectivity index (χ3v) is 6.51. The van der Waals surface area contributed by atoms with E-state index in [4.69, 9.17) is 0 Å². The van der Waals surface area contributed by atoms with E-state index in [-0.39, 0.29) is 17.7 Å². The molecule has 1 aromatic carbocycles. The van der Waals surface area contributed by atoms with Crippen LogP contribution in [-0.4, -0.2) is 40.0 Å². The second-order valence-electron chi connectivity index (χ2n) is 6.35. The van der Waals surface area contributed by atoms with Gasteiger partial charge in [-0.25, -0.2) is 4.79 Å². The average molecular weight is 399 g/mol. The highest BCUT2D eigenvalue weighted by Gasteiger charge is 2.48. The quantitative estimate of drug-likeness (QED) is 0.738. The highest BCUT2D eigenvalue weighted by molar-refractivity contribution is 9.10. The smallest absolute Gasteiger partial charge is 0.322 e. The summed E-state index contributed by atoms with van der Waals surface area (Å²) in [6, 6.07) is 5.94. The number of piperidine rings is 1. The van der Waals surface area contributed by atoms with Gasteiger partial charge in [-0.2, -0.15) is 0 Å². The lowest BCUT2D eigenvalue weighted by Crippen LogP contribution is -2.62. The van der Waals surface area contributed by atoms with Crippen LogP contribution in [0.15, 0.2) is 27.6 Å². The summed E-state index contributed by atoms with van der Waals surface area (Å²) in [7, 11) is 0. The van der Waals surface area contributed by atoms with Gasteiger partial charge in [0, 0.05) is 21.5 Å². The summed E-state index contributed by atoms with van der Waals surface area (Å²) in [4.78, 5) is 15.9. The Morgan fingerprint density at radius 2 is 2.30 bits per heavy atom. The Hall–Kier alpha value is -0.720. The number of hydrogen-bond acceptors (Lipinski definition) is 3. The van der Waals surface area contributed by atoms with Gasteiger partial charge in [0.2, 0.25) is 0 Å². The molecule has 1 heterocycles. The van der Waals surface area contributed by atoms with Crippen LogP contribution in [-0.2, 0) is 0 Å². The van der Waals surface area contributed by atoms with E-state index in [9.17, 15) is 9.90 Å². The zero-order valence-electron chi connectivity index (χ0n) is 13.3. The number of amides is 2. The fraction of sp³-hybridized carbons (Fsp3) is 0.588. The number of nitrogens with zero attached hydrogens (tertiary/aromatic N) is 1. The zero-order chi connectivity index (χ0) is 16.4. The van der Waals surface area contributed by atoms with Crippen LogP contribution in [0.2, 0.25) is 0 Å². The average Bonchev–Trinajstić information content (AvgIpc) is 2.49. The van der Waals surface area contributed by atoms with Gasteiger partial charge in [-0.3, -0.25) is 0 Å². The summed E-state index contributed by atoms with van der Waals surface area (Å²) >= 11 is 5.27. The van der Waals surface area contributed by atoms with Gasteiger partial charge in [-0.15, -0.1) is 11.8 Å². The molecule has 1 spiro atoms. The van der Waals surface area contributed by atoms with Crippen molar-refractivity contribution in [3.05, 3.63) is 22.7 Å². The molecule has 1 aromatic rings. The molecule has 2 amide bonds. The third-order valence-electron chi connectivity index (χ3n) is 4.91. The number of urea groups is 1. The van der Waals surface area contributed by atoms with Crippen molar-refractivity contribution in [2.45, 2.75) is 55.6 Å². The molecule has 6 heteroatoms. The molecule has 4 nitrogen and oxygen atoms in total. The van der Waals surface area contributed by atoms with Gasteiger partial charge in [0.25, 0.3) is 0 Å².